The van der Waals surface area contributed by atoms with Gasteiger partial charge in [-0.2, -0.15) is 10.1 Å². The third-order valence-corrected chi connectivity index (χ3v) is 6.91. The number of carbonyl (C=O) groups is 2. The van der Waals surface area contributed by atoms with E-state index in [1.807, 2.05) is 55.4 Å². The molecule has 0 bridgehead atoms. The molecule has 1 aromatic carbocycles. The molecule has 2 aliphatic heterocycles. The summed E-state index contributed by atoms with van der Waals surface area (Å²) in [4.78, 5) is 20.6. The first kappa shape index (κ1) is 35.4. The van der Waals surface area contributed by atoms with E-state index in [0.29, 0.717) is 25.7 Å². The number of nitrogens with zero attached hydrogens (tertiary/aromatic N) is 2. The zero-order chi connectivity index (χ0) is 31.1. The van der Waals surface area contributed by atoms with Crippen molar-refractivity contribution in [3.8, 4) is 11.5 Å². The van der Waals surface area contributed by atoms with Crippen LogP contribution >= 0.6 is 0 Å². The lowest BCUT2D eigenvalue weighted by atomic mass is 9.80. The van der Waals surface area contributed by atoms with Crippen LogP contribution in [0.4, 0.5) is 0 Å². The average Bonchev–Trinajstić information content (AvgIpc) is 2.80. The highest BCUT2D eigenvalue weighted by molar-refractivity contribution is 6.14. The minimum Gasteiger partial charge on any atom is -0.508 e. The lowest BCUT2D eigenvalue weighted by Gasteiger charge is -2.50. The van der Waals surface area contributed by atoms with Gasteiger partial charge in [0.2, 0.25) is 0 Å². The summed E-state index contributed by atoms with van der Waals surface area (Å²) in [7, 11) is 0. The summed E-state index contributed by atoms with van der Waals surface area (Å²) < 4.78 is 0. The molecule has 0 amide bonds. The quantitative estimate of drug-likeness (QED) is 0.200. The molecule has 10 nitrogen and oxygen atoms in total. The zero-order valence-electron chi connectivity index (χ0n) is 25.0. The summed E-state index contributed by atoms with van der Waals surface area (Å²) in [5.74, 6) is 0.0970. The zero-order valence-corrected chi connectivity index (χ0v) is 25.0. The molecule has 1 aromatic rings. The van der Waals surface area contributed by atoms with Gasteiger partial charge in [-0.15, -0.1) is 0 Å². The second-order valence-corrected chi connectivity index (χ2v) is 13.0. The Hall–Kier alpha value is -2.60. The van der Waals surface area contributed by atoms with Gasteiger partial charge in [0.25, 0.3) is 0 Å². The number of allylic oxidation sites excluding steroid dienone is 4. The molecule has 0 aromatic heterocycles. The van der Waals surface area contributed by atoms with E-state index >= 15 is 0 Å². The number of piperidine rings is 2. The molecule has 40 heavy (non-hydrogen) atoms. The molecule has 2 saturated heterocycles. The number of hydroxylamine groups is 4. The fourth-order valence-corrected chi connectivity index (χ4v) is 5.33. The number of rotatable bonds is 0. The second kappa shape index (κ2) is 13.8. The van der Waals surface area contributed by atoms with Crippen molar-refractivity contribution in [2.45, 2.75) is 115 Å². The van der Waals surface area contributed by atoms with Crippen LogP contribution in [0.2, 0.25) is 0 Å². The van der Waals surface area contributed by atoms with Gasteiger partial charge in [0, 0.05) is 22.2 Å². The number of carbonyl (C=O) groups excluding carboxylic acids is 2. The summed E-state index contributed by atoms with van der Waals surface area (Å²) in [5, 5.41) is 58.8. The van der Waals surface area contributed by atoms with Crippen molar-refractivity contribution in [3.05, 3.63) is 48.6 Å². The van der Waals surface area contributed by atoms with Gasteiger partial charge < -0.3 is 30.8 Å². The monoisotopic (exact) mass is 564 g/mol. The third kappa shape index (κ3) is 11.1. The van der Waals surface area contributed by atoms with E-state index in [-0.39, 0.29) is 57.4 Å². The Bertz CT molecular complexity index is 909. The van der Waals surface area contributed by atoms with Crippen LogP contribution in [0.15, 0.2) is 48.6 Å². The van der Waals surface area contributed by atoms with Crippen LogP contribution in [0.5, 0.6) is 11.5 Å². The molecule has 4 rings (SSSR count). The van der Waals surface area contributed by atoms with E-state index in [4.69, 9.17) is 10.2 Å². The first-order valence-electron chi connectivity index (χ1n) is 13.4. The summed E-state index contributed by atoms with van der Waals surface area (Å²) in [6.07, 6.45) is 6.95. The Kier molecular flexibility index (Phi) is 12.3. The van der Waals surface area contributed by atoms with Crippen LogP contribution in [0.25, 0.3) is 0 Å². The normalized spacial score (nSPS) is 23.6. The Morgan fingerprint density at radius 3 is 0.950 bits per heavy atom. The standard InChI is InChI=1S/2C9H19NO2.C6H6O2.C6H4O2/c2*1-8(2)5-7(11)6-9(3,4)10(8)12;2*7-5-1-2-6(8)4-3-5/h2*7,11-12H,5-6H2,1-4H3;1-4,7-8H;1-4H. The maximum atomic E-state index is 10.3. The summed E-state index contributed by atoms with van der Waals surface area (Å²) in [5.41, 5.74) is -1.27. The van der Waals surface area contributed by atoms with Crippen LogP contribution in [-0.2, 0) is 9.59 Å². The molecule has 0 unspecified atom stereocenters. The highest BCUT2D eigenvalue weighted by atomic mass is 16.5. The van der Waals surface area contributed by atoms with Gasteiger partial charge >= 0.3 is 0 Å². The number of ketones is 2. The van der Waals surface area contributed by atoms with E-state index in [1.165, 1.54) is 58.7 Å². The van der Waals surface area contributed by atoms with Crippen LogP contribution in [0.1, 0.15) is 81.1 Å². The first-order valence-corrected chi connectivity index (χ1v) is 13.4. The third-order valence-electron chi connectivity index (χ3n) is 6.91. The molecule has 6 N–H and O–H groups in total. The fourth-order valence-electron chi connectivity index (χ4n) is 5.33. The topological polar surface area (TPSA) is 162 Å². The smallest absolute Gasteiger partial charge is 0.178 e. The van der Waals surface area contributed by atoms with Crippen LogP contribution in [0, 0.1) is 0 Å². The maximum Gasteiger partial charge on any atom is 0.178 e. The molecule has 226 valence electrons. The predicted octanol–water partition coefficient (Wildman–Crippen LogP) is 4.13. The van der Waals surface area contributed by atoms with Gasteiger partial charge in [-0.05, 0) is 130 Å². The van der Waals surface area contributed by atoms with Gasteiger partial charge in [0.15, 0.2) is 11.6 Å². The van der Waals surface area contributed by atoms with E-state index in [9.17, 15) is 30.2 Å². The molecule has 2 heterocycles. The lowest BCUT2D eigenvalue weighted by molar-refractivity contribution is -0.257. The van der Waals surface area contributed by atoms with E-state index in [1.54, 1.807) is 0 Å². The second-order valence-electron chi connectivity index (χ2n) is 13.0. The van der Waals surface area contributed by atoms with Crippen molar-refractivity contribution < 1.29 is 40.4 Å². The molecule has 1 aliphatic carbocycles. The number of phenolic OH excluding ortho intramolecular Hbond substituents is 2. The highest BCUT2D eigenvalue weighted by Gasteiger charge is 2.45. The molecule has 3 aliphatic rings. The molecular formula is C30H48N2O8. The molecule has 0 saturated carbocycles. The summed E-state index contributed by atoms with van der Waals surface area (Å²) in [6, 6.07) is 5.70. The average molecular weight is 565 g/mol. The Balaban J connectivity index is 0.000000271. The summed E-state index contributed by atoms with van der Waals surface area (Å²) >= 11 is 0. The maximum absolute atomic E-state index is 10.3. The number of hydrogen-bond donors (Lipinski definition) is 6. The highest BCUT2D eigenvalue weighted by Crippen LogP contribution is 2.37. The molecule has 2 fully saturated rings. The van der Waals surface area contributed by atoms with E-state index < -0.39 is 0 Å². The molecule has 0 spiro atoms. The predicted molar refractivity (Wildman–Crippen MR) is 152 cm³/mol. The number of aromatic hydroxyl groups is 2. The first-order chi connectivity index (χ1) is 18.1. The SMILES string of the molecule is CC1(C)CC(O)CC(C)(C)N1O.CC1(C)CC(O)CC(C)(C)N1O.O=C1C=CC(=O)C=C1.Oc1ccc(O)cc1. The van der Waals surface area contributed by atoms with Crippen molar-refractivity contribution in [1.82, 2.24) is 10.1 Å². The number of aliphatic hydroxyl groups excluding tert-OH is 2. The van der Waals surface area contributed by atoms with Crippen LogP contribution < -0.4 is 0 Å². The lowest BCUT2D eigenvalue weighted by Crippen LogP contribution is -2.60. The molecule has 10 heteroatoms. The molecular weight excluding hydrogens is 516 g/mol. The molecule has 0 radical (unpaired) electrons. The van der Waals surface area contributed by atoms with Crippen molar-refractivity contribution in [3.63, 3.8) is 0 Å². The Labute approximate surface area is 237 Å². The number of aliphatic hydroxyl groups is 2. The van der Waals surface area contributed by atoms with Crippen molar-refractivity contribution in [2.24, 2.45) is 0 Å². The number of benzene rings is 1. The Morgan fingerprint density at radius 1 is 0.550 bits per heavy atom. The summed E-state index contributed by atoms with van der Waals surface area (Å²) in [6.45, 7) is 15.5. The van der Waals surface area contributed by atoms with Crippen molar-refractivity contribution in [2.75, 3.05) is 0 Å². The molecule has 0 atom stereocenters. The van der Waals surface area contributed by atoms with Gasteiger partial charge in [-0.25, -0.2) is 0 Å². The number of phenols is 2. The fraction of sp³-hybridized carbons (Fsp3) is 0.600. The number of hydrogen-bond acceptors (Lipinski definition) is 10. The van der Waals surface area contributed by atoms with Gasteiger partial charge in [0.1, 0.15) is 11.5 Å². The van der Waals surface area contributed by atoms with Gasteiger partial charge in [0.05, 0.1) is 12.2 Å². The van der Waals surface area contributed by atoms with Gasteiger partial charge in [-0.3, -0.25) is 9.59 Å². The van der Waals surface area contributed by atoms with Crippen LogP contribution in [0.3, 0.4) is 0 Å². The van der Waals surface area contributed by atoms with Crippen molar-refractivity contribution in [1.29, 1.82) is 0 Å². The van der Waals surface area contributed by atoms with Crippen LogP contribution in [-0.4, -0.2) is 86.9 Å². The van der Waals surface area contributed by atoms with E-state index in [2.05, 4.69) is 0 Å². The van der Waals surface area contributed by atoms with E-state index in [0.717, 1.165) is 0 Å². The minimum absolute atomic E-state index is 0.121. The minimum atomic E-state index is -0.318. The van der Waals surface area contributed by atoms with Gasteiger partial charge in [-0.1, -0.05) is 0 Å². The van der Waals surface area contributed by atoms with Crippen molar-refractivity contribution >= 4 is 11.6 Å². The Morgan fingerprint density at radius 2 is 0.750 bits per heavy atom. The largest absolute Gasteiger partial charge is 0.508 e.